The smallest absolute Gasteiger partial charge is 0.275 e. The molecule has 6 rings (SSSR count). The molecule has 1 aliphatic heterocycles. The lowest BCUT2D eigenvalue weighted by Gasteiger charge is -2.36. The fraction of sp³-hybridized carbons (Fsp3) is 0.379. The van der Waals surface area contributed by atoms with E-state index in [0.29, 0.717) is 24.2 Å². The summed E-state index contributed by atoms with van der Waals surface area (Å²) < 4.78 is 3.87. The number of fused-ring (bicyclic) bond motifs is 3. The van der Waals surface area contributed by atoms with Crippen LogP contribution < -0.4 is 10.5 Å². The van der Waals surface area contributed by atoms with Crippen molar-refractivity contribution in [3.63, 3.8) is 0 Å². The molecule has 4 aromatic rings. The van der Waals surface area contributed by atoms with Crippen LogP contribution in [0.2, 0.25) is 0 Å². The van der Waals surface area contributed by atoms with E-state index in [2.05, 4.69) is 29.2 Å². The third-order valence-corrected chi connectivity index (χ3v) is 7.97. The number of piperazine rings is 1. The van der Waals surface area contributed by atoms with Gasteiger partial charge in [0, 0.05) is 67.4 Å². The van der Waals surface area contributed by atoms with Gasteiger partial charge in [-0.3, -0.25) is 9.59 Å². The molecule has 35 heavy (non-hydrogen) atoms. The molecule has 2 aromatic heterocycles. The SMILES string of the molecule is Cn1c2ccccc2c2c(C(=O)N3CCN(c4ccccc4)CC3)cn(C3CCCCC3)c(=O)c21. The minimum Gasteiger partial charge on any atom is -0.368 e. The fourth-order valence-electron chi connectivity index (χ4n) is 6.07. The van der Waals surface area contributed by atoms with E-state index in [-0.39, 0.29) is 17.5 Å². The van der Waals surface area contributed by atoms with Gasteiger partial charge < -0.3 is 18.9 Å². The minimum absolute atomic E-state index is 0.0241. The molecule has 0 spiro atoms. The van der Waals surface area contributed by atoms with E-state index in [1.54, 1.807) is 0 Å². The highest BCUT2D eigenvalue weighted by atomic mass is 16.2. The molecule has 1 amide bonds. The fourth-order valence-corrected chi connectivity index (χ4v) is 6.07. The molecule has 6 heteroatoms. The third-order valence-electron chi connectivity index (χ3n) is 7.97. The second-order valence-electron chi connectivity index (χ2n) is 9.96. The molecular formula is C29H32N4O2. The molecule has 180 valence electrons. The van der Waals surface area contributed by atoms with Crippen molar-refractivity contribution in [2.75, 3.05) is 31.1 Å². The maximum atomic E-state index is 14.0. The number of pyridine rings is 1. The van der Waals surface area contributed by atoms with Crippen molar-refractivity contribution in [2.24, 2.45) is 7.05 Å². The molecule has 0 N–H and O–H groups in total. The van der Waals surface area contributed by atoms with Crippen molar-refractivity contribution in [3.8, 4) is 0 Å². The number of amides is 1. The van der Waals surface area contributed by atoms with Crippen LogP contribution in [0.4, 0.5) is 5.69 Å². The molecule has 0 unspecified atom stereocenters. The summed E-state index contributed by atoms with van der Waals surface area (Å²) in [6.07, 6.45) is 7.37. The molecule has 2 aliphatic rings. The Morgan fingerprint density at radius 3 is 2.29 bits per heavy atom. The van der Waals surface area contributed by atoms with Gasteiger partial charge in [-0.25, -0.2) is 0 Å². The first-order valence-electron chi connectivity index (χ1n) is 12.8. The molecular weight excluding hydrogens is 436 g/mol. The van der Waals surface area contributed by atoms with E-state index >= 15 is 0 Å². The maximum absolute atomic E-state index is 14.0. The molecule has 3 heterocycles. The molecule has 0 atom stereocenters. The van der Waals surface area contributed by atoms with Crippen molar-refractivity contribution >= 4 is 33.4 Å². The van der Waals surface area contributed by atoms with Crippen molar-refractivity contribution in [2.45, 2.75) is 38.1 Å². The van der Waals surface area contributed by atoms with Gasteiger partial charge in [-0.1, -0.05) is 55.7 Å². The predicted octanol–water partition coefficient (Wildman–Crippen LogP) is 4.96. The number of hydrogen-bond donors (Lipinski definition) is 0. The quantitative estimate of drug-likeness (QED) is 0.427. The average molecular weight is 469 g/mol. The Labute approximate surface area is 205 Å². The van der Waals surface area contributed by atoms with Gasteiger partial charge in [0.1, 0.15) is 5.52 Å². The van der Waals surface area contributed by atoms with Crippen LogP contribution in [-0.2, 0) is 7.05 Å². The molecule has 2 aromatic carbocycles. The van der Waals surface area contributed by atoms with Crippen molar-refractivity contribution in [3.05, 3.63) is 76.7 Å². The van der Waals surface area contributed by atoms with Gasteiger partial charge in [0.15, 0.2) is 0 Å². The van der Waals surface area contributed by atoms with Crippen LogP contribution in [0, 0.1) is 0 Å². The van der Waals surface area contributed by atoms with Gasteiger partial charge in [-0.2, -0.15) is 0 Å². The number of hydrogen-bond acceptors (Lipinski definition) is 3. The van der Waals surface area contributed by atoms with Gasteiger partial charge >= 0.3 is 0 Å². The zero-order chi connectivity index (χ0) is 23.9. The number of carbonyl (C=O) groups is 1. The van der Waals surface area contributed by atoms with Crippen molar-refractivity contribution in [1.82, 2.24) is 14.0 Å². The highest BCUT2D eigenvalue weighted by Gasteiger charge is 2.29. The number of benzene rings is 2. The first-order valence-corrected chi connectivity index (χ1v) is 12.8. The number of aryl methyl sites for hydroxylation is 1. The lowest BCUT2D eigenvalue weighted by atomic mass is 9.94. The number of para-hydroxylation sites is 2. The lowest BCUT2D eigenvalue weighted by Crippen LogP contribution is -2.49. The summed E-state index contributed by atoms with van der Waals surface area (Å²) in [5.41, 5.74) is 3.52. The Kier molecular flexibility index (Phi) is 5.59. The van der Waals surface area contributed by atoms with Gasteiger partial charge in [0.25, 0.3) is 11.5 Å². The normalized spacial score (nSPS) is 17.4. The van der Waals surface area contributed by atoms with Gasteiger partial charge in [-0.15, -0.1) is 0 Å². The largest absolute Gasteiger partial charge is 0.368 e. The molecule has 0 bridgehead atoms. The summed E-state index contributed by atoms with van der Waals surface area (Å²) in [6.45, 7) is 2.94. The highest BCUT2D eigenvalue weighted by Crippen LogP contribution is 2.33. The zero-order valence-corrected chi connectivity index (χ0v) is 20.3. The van der Waals surface area contributed by atoms with Gasteiger partial charge in [-0.05, 0) is 31.0 Å². The van der Waals surface area contributed by atoms with E-state index in [9.17, 15) is 9.59 Å². The Morgan fingerprint density at radius 1 is 0.857 bits per heavy atom. The van der Waals surface area contributed by atoms with Crippen LogP contribution in [0.3, 0.4) is 0 Å². The molecule has 0 radical (unpaired) electrons. The number of aromatic nitrogens is 2. The molecule has 2 fully saturated rings. The van der Waals surface area contributed by atoms with Crippen molar-refractivity contribution < 1.29 is 4.79 Å². The van der Waals surface area contributed by atoms with Gasteiger partial charge in [0.2, 0.25) is 0 Å². The van der Waals surface area contributed by atoms with Crippen LogP contribution in [0.25, 0.3) is 21.8 Å². The first-order chi connectivity index (χ1) is 17.1. The van der Waals surface area contributed by atoms with Crippen LogP contribution in [0.1, 0.15) is 48.5 Å². The monoisotopic (exact) mass is 468 g/mol. The maximum Gasteiger partial charge on any atom is 0.275 e. The summed E-state index contributed by atoms with van der Waals surface area (Å²) in [5, 5.41) is 1.78. The van der Waals surface area contributed by atoms with Crippen LogP contribution >= 0.6 is 0 Å². The summed E-state index contributed by atoms with van der Waals surface area (Å²) in [5.74, 6) is 0.0311. The summed E-state index contributed by atoms with van der Waals surface area (Å²) in [7, 11) is 1.95. The molecule has 1 aliphatic carbocycles. The molecule has 1 saturated heterocycles. The highest BCUT2D eigenvalue weighted by molar-refractivity contribution is 6.17. The molecule has 1 saturated carbocycles. The topological polar surface area (TPSA) is 50.5 Å². The van der Waals surface area contributed by atoms with E-state index in [1.165, 1.54) is 12.1 Å². The predicted molar refractivity (Wildman–Crippen MR) is 141 cm³/mol. The van der Waals surface area contributed by atoms with E-state index in [4.69, 9.17) is 0 Å². The Balaban J connectivity index is 1.43. The second-order valence-corrected chi connectivity index (χ2v) is 9.96. The number of anilines is 1. The number of rotatable bonds is 3. The summed E-state index contributed by atoms with van der Waals surface area (Å²) in [4.78, 5) is 32.1. The van der Waals surface area contributed by atoms with Crippen molar-refractivity contribution in [1.29, 1.82) is 0 Å². The number of carbonyl (C=O) groups excluding carboxylic acids is 1. The van der Waals surface area contributed by atoms with E-state index < -0.39 is 0 Å². The van der Waals surface area contributed by atoms with Crippen LogP contribution in [0.15, 0.2) is 65.6 Å². The average Bonchev–Trinajstić information content (AvgIpc) is 3.23. The molecule has 6 nitrogen and oxygen atoms in total. The third kappa shape index (κ3) is 3.72. The second kappa shape index (κ2) is 8.91. The Hall–Kier alpha value is -3.54. The van der Waals surface area contributed by atoms with E-state index in [1.807, 2.05) is 57.6 Å². The Morgan fingerprint density at radius 2 is 1.54 bits per heavy atom. The zero-order valence-electron chi connectivity index (χ0n) is 20.3. The summed E-state index contributed by atoms with van der Waals surface area (Å²) >= 11 is 0. The lowest BCUT2D eigenvalue weighted by molar-refractivity contribution is 0.0747. The van der Waals surface area contributed by atoms with Crippen LogP contribution in [-0.4, -0.2) is 46.1 Å². The number of nitrogens with zero attached hydrogens (tertiary/aromatic N) is 4. The van der Waals surface area contributed by atoms with E-state index in [0.717, 1.165) is 55.1 Å². The summed E-state index contributed by atoms with van der Waals surface area (Å²) in [6, 6.07) is 18.6. The van der Waals surface area contributed by atoms with Gasteiger partial charge in [0.05, 0.1) is 5.56 Å². The van der Waals surface area contributed by atoms with Crippen LogP contribution in [0.5, 0.6) is 0 Å². The standard InChI is InChI=1S/C29H32N4O2/c1-30-25-15-9-8-14-23(25)26-24(20-33(29(35)27(26)30)22-12-6-3-7-13-22)28(34)32-18-16-31(17-19-32)21-10-4-2-5-11-21/h2,4-5,8-11,14-15,20,22H,3,6-7,12-13,16-19H2,1H3. The Bertz CT molecular complexity index is 1440. The minimum atomic E-state index is 0.0241. The first kappa shape index (κ1) is 22.0.